The summed E-state index contributed by atoms with van der Waals surface area (Å²) in [5.41, 5.74) is 3.78. The monoisotopic (exact) mass is 407 g/mol. The van der Waals surface area contributed by atoms with Crippen LogP contribution in [0, 0.1) is 0 Å². The zero-order valence-electron chi connectivity index (χ0n) is 13.5. The van der Waals surface area contributed by atoms with E-state index in [-0.39, 0.29) is 0 Å². The number of hydrogen-bond acceptors (Lipinski definition) is 3. The van der Waals surface area contributed by atoms with Gasteiger partial charge in [-0.2, -0.15) is 0 Å². The normalized spacial score (nSPS) is 10.9. The first-order chi connectivity index (χ1) is 12.2. The number of aromatic nitrogens is 4. The number of halogens is 2. The molecule has 0 fully saturated rings. The molecule has 0 aliphatic heterocycles. The van der Waals surface area contributed by atoms with Crippen molar-refractivity contribution in [2.45, 2.75) is 13.1 Å². The van der Waals surface area contributed by atoms with Crippen molar-refractivity contribution in [1.82, 2.24) is 24.8 Å². The molecule has 0 N–H and O–H groups in total. The fourth-order valence-corrected chi connectivity index (χ4v) is 2.59. The van der Waals surface area contributed by atoms with Gasteiger partial charge in [-0.1, -0.05) is 60.2 Å². The summed E-state index contributed by atoms with van der Waals surface area (Å²) in [6.07, 6.45) is 0. The fraction of sp³-hybridized carbons (Fsp3) is 0.176. The topological polar surface area (TPSA) is 57.2 Å². The van der Waals surface area contributed by atoms with Gasteiger partial charge in [0, 0.05) is 13.1 Å². The molecule has 0 amide bonds. The fourth-order valence-electron chi connectivity index (χ4n) is 2.59. The molecular formula is C17H15Cl2N5Ti-2. The maximum atomic E-state index is 4.89. The summed E-state index contributed by atoms with van der Waals surface area (Å²) in [6, 6.07) is 15.9. The van der Waals surface area contributed by atoms with Crippen molar-refractivity contribution in [3.8, 4) is 0 Å². The van der Waals surface area contributed by atoms with Crippen LogP contribution in [-0.2, 0) is 30.1 Å². The maximum absolute atomic E-state index is 4.89. The third-order valence-electron chi connectivity index (χ3n) is 3.58. The molecule has 2 heterocycles. The van der Waals surface area contributed by atoms with Crippen molar-refractivity contribution >= 4 is 40.7 Å². The van der Waals surface area contributed by atoms with Crippen molar-refractivity contribution in [2.24, 2.45) is 0 Å². The molecule has 0 radical (unpaired) electrons. The Morgan fingerprint density at radius 1 is 0.840 bits per heavy atom. The Morgan fingerprint density at radius 2 is 1.24 bits per heavy atom. The minimum absolute atomic E-state index is 0.556. The summed E-state index contributed by atoms with van der Waals surface area (Å²) >= 11 is -0.556. The number of fused-ring (bicyclic) bond motifs is 2. The predicted octanol–water partition coefficient (Wildman–Crippen LogP) is 3.71. The van der Waals surface area contributed by atoms with Gasteiger partial charge >= 0.3 is 35.6 Å². The van der Waals surface area contributed by atoms with Crippen LogP contribution in [0.15, 0.2) is 48.5 Å². The van der Waals surface area contributed by atoms with Gasteiger partial charge in [-0.15, -0.1) is 0 Å². The molecule has 4 aromatic rings. The average molecular weight is 408 g/mol. The summed E-state index contributed by atoms with van der Waals surface area (Å²) in [4.78, 5) is 20.3. The molecular weight excluding hydrogens is 393 g/mol. The third kappa shape index (κ3) is 4.84. The summed E-state index contributed by atoms with van der Waals surface area (Å²) in [5.74, 6) is 1.67. The van der Waals surface area contributed by atoms with Crippen LogP contribution in [0.2, 0.25) is 0 Å². The molecule has 0 aliphatic rings. The average Bonchev–Trinajstić information content (AvgIpc) is 3.17. The van der Waals surface area contributed by atoms with Crippen LogP contribution in [0.5, 0.6) is 0 Å². The van der Waals surface area contributed by atoms with Gasteiger partial charge in [0.1, 0.15) is 0 Å². The first-order valence-corrected chi connectivity index (χ1v) is 11.9. The molecule has 0 aliphatic carbocycles. The number of rotatable bonds is 4. The Morgan fingerprint density at radius 3 is 1.64 bits per heavy atom. The standard InChI is InChI=1S/C17H15N5.2ClH.Ti/c1-22(10-16-18-12-6-2-3-7-13(12)19-16)11-17-20-14-8-4-5-9-15(14)21-17;;;/h2-9H,10-11H2,1H3;2*1H;/q-2;;;+2/p-2. The quantitative estimate of drug-likeness (QED) is 0.482. The molecule has 128 valence electrons. The Bertz CT molecular complexity index is 810. The Balaban J connectivity index is 0.000000569. The van der Waals surface area contributed by atoms with Crippen LogP contribution in [-0.4, -0.2) is 21.9 Å². The van der Waals surface area contributed by atoms with E-state index in [0.717, 1.165) is 33.7 Å². The predicted molar refractivity (Wildman–Crippen MR) is 97.0 cm³/mol. The molecule has 4 rings (SSSR count). The van der Waals surface area contributed by atoms with E-state index in [4.69, 9.17) is 18.6 Å². The van der Waals surface area contributed by atoms with E-state index in [0.29, 0.717) is 13.1 Å². The van der Waals surface area contributed by atoms with E-state index in [1.54, 1.807) is 0 Å². The van der Waals surface area contributed by atoms with E-state index in [9.17, 15) is 0 Å². The van der Waals surface area contributed by atoms with E-state index in [1.165, 1.54) is 0 Å². The van der Waals surface area contributed by atoms with Crippen molar-refractivity contribution in [2.75, 3.05) is 7.05 Å². The first kappa shape index (κ1) is 18.4. The molecule has 8 heteroatoms. The summed E-state index contributed by atoms with van der Waals surface area (Å²) in [6.45, 7) is 1.36. The number of benzene rings is 2. The van der Waals surface area contributed by atoms with Gasteiger partial charge in [-0.25, -0.2) is 0 Å². The molecule has 0 atom stereocenters. The van der Waals surface area contributed by atoms with Crippen molar-refractivity contribution < 1.29 is 17.0 Å². The number of imidazole rings is 2. The van der Waals surface area contributed by atoms with Crippen LogP contribution in [0.4, 0.5) is 0 Å². The summed E-state index contributed by atoms with van der Waals surface area (Å²) in [7, 11) is 11.8. The van der Waals surface area contributed by atoms with E-state index < -0.39 is 17.0 Å². The molecule has 2 aromatic carbocycles. The van der Waals surface area contributed by atoms with Gasteiger partial charge in [-0.3, -0.25) is 4.90 Å². The van der Waals surface area contributed by atoms with Crippen molar-refractivity contribution in [3.05, 3.63) is 60.2 Å². The number of hydrogen-bond donors (Lipinski definition) is 0. The van der Waals surface area contributed by atoms with Crippen molar-refractivity contribution in [1.29, 1.82) is 0 Å². The molecule has 0 spiro atoms. The molecule has 5 nitrogen and oxygen atoms in total. The van der Waals surface area contributed by atoms with Gasteiger partial charge in [0.2, 0.25) is 0 Å². The van der Waals surface area contributed by atoms with Crippen LogP contribution >= 0.6 is 18.6 Å². The van der Waals surface area contributed by atoms with Crippen molar-refractivity contribution in [3.63, 3.8) is 0 Å². The zero-order valence-corrected chi connectivity index (χ0v) is 16.6. The Hall–Kier alpha value is -1.37. The molecule has 0 unspecified atom stereocenters. The Kier molecular flexibility index (Phi) is 6.51. The van der Waals surface area contributed by atoms with E-state index >= 15 is 0 Å². The van der Waals surface area contributed by atoms with Gasteiger partial charge < -0.3 is 19.9 Å². The molecule has 0 bridgehead atoms. The molecule has 25 heavy (non-hydrogen) atoms. The summed E-state index contributed by atoms with van der Waals surface area (Å²) < 4.78 is 0. The van der Waals surface area contributed by atoms with E-state index in [2.05, 4.69) is 24.8 Å². The Labute approximate surface area is 162 Å². The molecule has 2 aromatic heterocycles. The van der Waals surface area contributed by atoms with Gasteiger partial charge in [0.05, 0.1) is 0 Å². The van der Waals surface area contributed by atoms with Crippen LogP contribution in [0.1, 0.15) is 11.6 Å². The van der Waals surface area contributed by atoms with Crippen LogP contribution in [0.25, 0.3) is 22.1 Å². The second-order valence-corrected chi connectivity index (χ2v) is 8.08. The second-order valence-electron chi connectivity index (χ2n) is 5.50. The minimum atomic E-state index is -0.556. The van der Waals surface area contributed by atoms with Crippen LogP contribution < -0.4 is 9.97 Å². The van der Waals surface area contributed by atoms with Gasteiger partial charge in [0.25, 0.3) is 0 Å². The number of nitrogens with zero attached hydrogens (tertiary/aromatic N) is 5. The van der Waals surface area contributed by atoms with Gasteiger partial charge in [-0.05, 0) is 29.1 Å². The number of para-hydroxylation sites is 4. The SMILES string of the molecule is CN(Cc1nc2ccccc2[n-]1)Cc1nc2ccccc2[n-]1.[Cl][Ti][Cl]. The third-order valence-corrected chi connectivity index (χ3v) is 3.58. The zero-order chi connectivity index (χ0) is 17.6. The van der Waals surface area contributed by atoms with Gasteiger partial charge in [0.15, 0.2) is 0 Å². The van der Waals surface area contributed by atoms with E-state index in [1.807, 2.05) is 55.6 Å². The molecule has 0 saturated carbocycles. The molecule has 0 saturated heterocycles. The first-order valence-electron chi connectivity index (χ1n) is 7.61. The summed E-state index contributed by atoms with van der Waals surface area (Å²) in [5, 5.41) is 0. The van der Waals surface area contributed by atoms with Crippen LogP contribution in [0.3, 0.4) is 0 Å². The second kappa shape index (κ2) is 8.83.